The number of imide groups is 2. The van der Waals surface area contributed by atoms with Gasteiger partial charge in [0.25, 0.3) is 11.8 Å². The number of benzene rings is 2. The minimum absolute atomic E-state index is 0.0888. The Hall–Kier alpha value is -3.06. The second-order valence-electron chi connectivity index (χ2n) is 5.65. The van der Waals surface area contributed by atoms with Gasteiger partial charge in [0.05, 0.1) is 11.4 Å². The van der Waals surface area contributed by atoms with Crippen molar-refractivity contribution in [3.8, 4) is 0 Å². The van der Waals surface area contributed by atoms with Gasteiger partial charge in [-0.1, -0.05) is 30.0 Å². The van der Waals surface area contributed by atoms with Crippen LogP contribution < -0.4 is 15.5 Å². The molecular weight excluding hydrogens is 338 g/mol. The molecule has 0 spiro atoms. The number of hydrogen-bond donors (Lipinski definition) is 2. The number of carbonyl (C=O) groups is 3. The van der Waals surface area contributed by atoms with Gasteiger partial charge in [0.1, 0.15) is 5.57 Å². The number of nitrogens with zero attached hydrogens (tertiary/aromatic N) is 1. The largest absolute Gasteiger partial charge is 0.343 e. The van der Waals surface area contributed by atoms with Gasteiger partial charge < -0.3 is 4.90 Å². The molecule has 2 heterocycles. The standard InChI is InChI=1S/C18H13N3O3S/c1-21-12-4-2-3-5-14(12)25-15-9-10(6-7-13(15)21)8-11-16(22)19-18(24)20-17(11)23/h2-9H,1H3,(H2,19,20,22,23,24). The number of fused-ring (bicyclic) bond motifs is 2. The lowest BCUT2D eigenvalue weighted by molar-refractivity contribution is -0.123. The van der Waals surface area contributed by atoms with Gasteiger partial charge in [0, 0.05) is 16.8 Å². The first-order chi connectivity index (χ1) is 12.0. The van der Waals surface area contributed by atoms with Crippen molar-refractivity contribution in [3.63, 3.8) is 0 Å². The molecule has 2 aliphatic heterocycles. The van der Waals surface area contributed by atoms with Gasteiger partial charge in [-0.2, -0.15) is 0 Å². The highest BCUT2D eigenvalue weighted by Gasteiger charge is 2.28. The maximum atomic E-state index is 11.8. The molecule has 0 aliphatic carbocycles. The van der Waals surface area contributed by atoms with E-state index >= 15 is 0 Å². The van der Waals surface area contributed by atoms with Gasteiger partial charge >= 0.3 is 6.03 Å². The summed E-state index contributed by atoms with van der Waals surface area (Å²) in [4.78, 5) is 39.1. The van der Waals surface area contributed by atoms with Crippen LogP contribution >= 0.6 is 11.8 Å². The Morgan fingerprint density at radius 1 is 0.920 bits per heavy atom. The smallest absolute Gasteiger partial charge is 0.328 e. The molecule has 4 amide bonds. The summed E-state index contributed by atoms with van der Waals surface area (Å²) in [5.74, 6) is -1.39. The lowest BCUT2D eigenvalue weighted by Gasteiger charge is -2.29. The first-order valence-electron chi connectivity index (χ1n) is 7.56. The number of urea groups is 1. The first-order valence-corrected chi connectivity index (χ1v) is 8.37. The lowest BCUT2D eigenvalue weighted by Crippen LogP contribution is -2.51. The minimum atomic E-state index is -0.800. The molecule has 0 unspecified atom stereocenters. The summed E-state index contributed by atoms with van der Waals surface area (Å²) < 4.78 is 0. The van der Waals surface area contributed by atoms with E-state index in [9.17, 15) is 14.4 Å². The Labute approximate surface area is 147 Å². The molecule has 2 aliphatic rings. The third kappa shape index (κ3) is 2.68. The van der Waals surface area contributed by atoms with Crippen LogP contribution in [0.1, 0.15) is 5.56 Å². The van der Waals surface area contributed by atoms with Gasteiger partial charge in [-0.05, 0) is 35.9 Å². The van der Waals surface area contributed by atoms with E-state index in [2.05, 4.69) is 27.7 Å². The zero-order chi connectivity index (χ0) is 17.6. The van der Waals surface area contributed by atoms with E-state index in [4.69, 9.17) is 0 Å². The molecule has 1 saturated heterocycles. The zero-order valence-electron chi connectivity index (χ0n) is 13.2. The van der Waals surface area contributed by atoms with Gasteiger partial charge in [-0.3, -0.25) is 20.2 Å². The average Bonchev–Trinajstić information content (AvgIpc) is 2.58. The summed E-state index contributed by atoms with van der Waals surface area (Å²) in [6, 6.07) is 13.0. The number of anilines is 2. The molecule has 0 radical (unpaired) electrons. The van der Waals surface area contributed by atoms with Gasteiger partial charge in [0.15, 0.2) is 0 Å². The van der Waals surface area contributed by atoms with Crippen molar-refractivity contribution in [1.29, 1.82) is 0 Å². The Kier molecular flexibility index (Phi) is 3.58. The minimum Gasteiger partial charge on any atom is -0.343 e. The monoisotopic (exact) mass is 351 g/mol. The summed E-state index contributed by atoms with van der Waals surface area (Å²) >= 11 is 1.64. The summed E-state index contributed by atoms with van der Waals surface area (Å²) in [6.07, 6.45) is 1.48. The van der Waals surface area contributed by atoms with Crippen LogP contribution in [0.3, 0.4) is 0 Å². The summed E-state index contributed by atoms with van der Waals surface area (Å²) in [5, 5.41) is 4.14. The molecule has 1 fully saturated rings. The SMILES string of the molecule is CN1c2ccccc2Sc2cc(C=C3C(=O)NC(=O)NC3=O)ccc21. The Morgan fingerprint density at radius 2 is 1.60 bits per heavy atom. The Morgan fingerprint density at radius 3 is 2.36 bits per heavy atom. The molecule has 4 rings (SSSR count). The number of amides is 4. The summed E-state index contributed by atoms with van der Waals surface area (Å²) in [5.41, 5.74) is 2.82. The highest BCUT2D eigenvalue weighted by Crippen LogP contribution is 2.47. The average molecular weight is 351 g/mol. The predicted octanol–water partition coefficient (Wildman–Crippen LogP) is 2.67. The molecule has 7 heteroatoms. The van der Waals surface area contributed by atoms with E-state index in [1.807, 2.05) is 37.4 Å². The fraction of sp³-hybridized carbons (Fsp3) is 0.0556. The number of barbiturate groups is 1. The van der Waals surface area contributed by atoms with E-state index in [0.29, 0.717) is 5.56 Å². The van der Waals surface area contributed by atoms with Crippen LogP contribution in [0.15, 0.2) is 57.8 Å². The molecule has 2 aromatic rings. The van der Waals surface area contributed by atoms with Crippen LogP contribution in [0.4, 0.5) is 16.2 Å². The maximum Gasteiger partial charge on any atom is 0.328 e. The van der Waals surface area contributed by atoms with E-state index < -0.39 is 17.8 Å². The third-order valence-electron chi connectivity index (χ3n) is 4.05. The normalized spacial score (nSPS) is 16.0. The number of carbonyl (C=O) groups excluding carboxylic acids is 3. The highest BCUT2D eigenvalue weighted by atomic mass is 32.2. The molecule has 0 saturated carbocycles. The van der Waals surface area contributed by atoms with Crippen LogP contribution in [-0.4, -0.2) is 24.9 Å². The number of hydrogen-bond acceptors (Lipinski definition) is 5. The van der Waals surface area contributed by atoms with Crippen LogP contribution in [-0.2, 0) is 9.59 Å². The van der Waals surface area contributed by atoms with Crippen molar-refractivity contribution < 1.29 is 14.4 Å². The lowest BCUT2D eigenvalue weighted by atomic mass is 10.1. The maximum absolute atomic E-state index is 11.8. The van der Waals surface area contributed by atoms with E-state index in [1.54, 1.807) is 11.8 Å². The van der Waals surface area contributed by atoms with Crippen molar-refractivity contribution in [2.24, 2.45) is 0 Å². The second-order valence-corrected chi connectivity index (χ2v) is 6.74. The molecule has 2 aromatic carbocycles. The molecule has 124 valence electrons. The fourth-order valence-corrected chi connectivity index (χ4v) is 4.02. The number of rotatable bonds is 1. The van der Waals surface area contributed by atoms with E-state index in [0.717, 1.165) is 21.2 Å². The molecular formula is C18H13N3O3S. The predicted molar refractivity (Wildman–Crippen MR) is 94.7 cm³/mol. The topological polar surface area (TPSA) is 78.5 Å². The van der Waals surface area contributed by atoms with Crippen LogP contribution in [0, 0.1) is 0 Å². The molecule has 2 N–H and O–H groups in total. The van der Waals surface area contributed by atoms with Crippen molar-refractivity contribution >= 4 is 47.1 Å². The number of para-hydroxylation sites is 1. The van der Waals surface area contributed by atoms with Crippen molar-refractivity contribution in [2.75, 3.05) is 11.9 Å². The van der Waals surface area contributed by atoms with Gasteiger partial charge in [0.2, 0.25) is 0 Å². The quantitative estimate of drug-likeness (QED) is 0.610. The molecule has 0 bridgehead atoms. The van der Waals surface area contributed by atoms with Crippen LogP contribution in [0.5, 0.6) is 0 Å². The Bertz CT molecular complexity index is 946. The Balaban J connectivity index is 1.71. The van der Waals surface area contributed by atoms with E-state index in [1.165, 1.54) is 6.08 Å². The zero-order valence-corrected chi connectivity index (χ0v) is 14.0. The molecule has 6 nitrogen and oxygen atoms in total. The summed E-state index contributed by atoms with van der Waals surface area (Å²) in [7, 11) is 2.00. The van der Waals surface area contributed by atoms with Crippen LogP contribution in [0.25, 0.3) is 6.08 Å². The fourth-order valence-electron chi connectivity index (χ4n) is 2.82. The van der Waals surface area contributed by atoms with Gasteiger partial charge in [-0.25, -0.2) is 4.79 Å². The second kappa shape index (κ2) is 5.78. The molecule has 0 aromatic heterocycles. The number of nitrogens with one attached hydrogen (secondary N) is 2. The third-order valence-corrected chi connectivity index (χ3v) is 5.16. The van der Waals surface area contributed by atoms with Crippen LogP contribution in [0.2, 0.25) is 0 Å². The van der Waals surface area contributed by atoms with Gasteiger partial charge in [-0.15, -0.1) is 0 Å². The van der Waals surface area contributed by atoms with Crippen molar-refractivity contribution in [1.82, 2.24) is 10.6 Å². The van der Waals surface area contributed by atoms with Crippen molar-refractivity contribution in [3.05, 3.63) is 53.6 Å². The van der Waals surface area contributed by atoms with E-state index in [-0.39, 0.29) is 5.57 Å². The van der Waals surface area contributed by atoms with Crippen molar-refractivity contribution in [2.45, 2.75) is 9.79 Å². The first kappa shape index (κ1) is 15.5. The molecule has 0 atom stereocenters. The molecule has 25 heavy (non-hydrogen) atoms. The highest BCUT2D eigenvalue weighted by molar-refractivity contribution is 7.99. The summed E-state index contributed by atoms with van der Waals surface area (Å²) in [6.45, 7) is 0.